The molecule has 0 aromatic heterocycles. The minimum Gasteiger partial charge on any atom is -0.399 e. The predicted molar refractivity (Wildman–Crippen MR) is 79.2 cm³/mol. The molecule has 0 atom stereocenters. The molecule has 0 saturated carbocycles. The van der Waals surface area contributed by atoms with Crippen LogP contribution < -0.4 is 16.8 Å². The summed E-state index contributed by atoms with van der Waals surface area (Å²) >= 11 is 0. The molecule has 2 aromatic rings. The summed E-state index contributed by atoms with van der Waals surface area (Å²) in [7, 11) is 0. The highest BCUT2D eigenvalue weighted by atomic mass is 14.9. The molecule has 0 aliphatic heterocycles. The van der Waals surface area contributed by atoms with Gasteiger partial charge in [0.05, 0.1) is 11.4 Å². The smallest absolute Gasteiger partial charge is 0.0619 e. The van der Waals surface area contributed by atoms with E-state index in [4.69, 9.17) is 11.5 Å². The van der Waals surface area contributed by atoms with Crippen LogP contribution in [0.4, 0.5) is 22.7 Å². The first-order valence-electron chi connectivity index (χ1n) is 5.97. The van der Waals surface area contributed by atoms with Crippen LogP contribution in [0.15, 0.2) is 30.3 Å². The molecule has 0 radical (unpaired) electrons. The molecule has 2 rings (SSSR count). The number of hydrogen-bond acceptors (Lipinski definition) is 3. The Kier molecular flexibility index (Phi) is 3.15. The molecule has 5 N–H and O–H groups in total. The van der Waals surface area contributed by atoms with E-state index in [1.54, 1.807) is 6.07 Å². The minimum atomic E-state index is 0.661. The Hall–Kier alpha value is -2.16. The largest absolute Gasteiger partial charge is 0.399 e. The lowest BCUT2D eigenvalue weighted by atomic mass is 10.0. The van der Waals surface area contributed by atoms with E-state index in [1.165, 1.54) is 16.7 Å². The summed E-state index contributed by atoms with van der Waals surface area (Å²) in [6.45, 7) is 6.28. The summed E-state index contributed by atoms with van der Waals surface area (Å²) in [5.74, 6) is 0. The molecule has 0 bridgehead atoms. The van der Waals surface area contributed by atoms with E-state index in [0.717, 1.165) is 11.4 Å². The van der Waals surface area contributed by atoms with Crippen molar-refractivity contribution in [1.82, 2.24) is 0 Å². The lowest BCUT2D eigenvalue weighted by molar-refractivity contribution is 1.31. The summed E-state index contributed by atoms with van der Waals surface area (Å²) in [4.78, 5) is 0. The number of rotatable bonds is 2. The number of benzene rings is 2. The van der Waals surface area contributed by atoms with Gasteiger partial charge in [0.15, 0.2) is 0 Å². The van der Waals surface area contributed by atoms with Gasteiger partial charge < -0.3 is 16.8 Å². The Morgan fingerprint density at radius 1 is 0.889 bits per heavy atom. The number of nitrogens with one attached hydrogen (secondary N) is 1. The van der Waals surface area contributed by atoms with Gasteiger partial charge in [-0.05, 0) is 50.1 Å². The lowest BCUT2D eigenvalue weighted by Crippen LogP contribution is -2.01. The average molecular weight is 241 g/mol. The second kappa shape index (κ2) is 4.61. The van der Waals surface area contributed by atoms with Crippen LogP contribution in [0.3, 0.4) is 0 Å². The van der Waals surface area contributed by atoms with Gasteiger partial charge in [-0.25, -0.2) is 0 Å². The van der Waals surface area contributed by atoms with Crippen LogP contribution in [0, 0.1) is 20.8 Å². The van der Waals surface area contributed by atoms with E-state index in [1.807, 2.05) is 12.1 Å². The Morgan fingerprint density at radius 2 is 1.50 bits per heavy atom. The first-order chi connectivity index (χ1) is 8.47. The number of anilines is 4. The summed E-state index contributed by atoms with van der Waals surface area (Å²) in [5.41, 5.74) is 18.7. The molecule has 0 fully saturated rings. The van der Waals surface area contributed by atoms with Crippen molar-refractivity contribution >= 4 is 22.7 Å². The van der Waals surface area contributed by atoms with Crippen molar-refractivity contribution in [2.24, 2.45) is 0 Å². The van der Waals surface area contributed by atoms with Crippen molar-refractivity contribution < 1.29 is 0 Å². The fourth-order valence-corrected chi connectivity index (χ4v) is 2.21. The van der Waals surface area contributed by atoms with Crippen LogP contribution in [0.2, 0.25) is 0 Å². The normalized spacial score (nSPS) is 10.4. The molecular weight excluding hydrogens is 222 g/mol. The number of nitrogen functional groups attached to an aromatic ring is 2. The maximum Gasteiger partial charge on any atom is 0.0619 e. The predicted octanol–water partition coefficient (Wildman–Crippen LogP) is 3.52. The topological polar surface area (TPSA) is 64.1 Å². The van der Waals surface area contributed by atoms with Gasteiger partial charge in [-0.1, -0.05) is 17.7 Å². The number of nitrogens with two attached hydrogens (primary N) is 2. The highest BCUT2D eigenvalue weighted by Gasteiger charge is 2.06. The van der Waals surface area contributed by atoms with Crippen molar-refractivity contribution in [3.05, 3.63) is 47.0 Å². The molecule has 0 heterocycles. The zero-order chi connectivity index (χ0) is 13.3. The number of hydrogen-bond donors (Lipinski definition) is 3. The molecule has 94 valence electrons. The van der Waals surface area contributed by atoms with Gasteiger partial charge in [-0.2, -0.15) is 0 Å². The van der Waals surface area contributed by atoms with E-state index in [-0.39, 0.29) is 0 Å². The Morgan fingerprint density at radius 3 is 2.06 bits per heavy atom. The van der Waals surface area contributed by atoms with Gasteiger partial charge in [-0.15, -0.1) is 0 Å². The SMILES string of the molecule is Cc1cc(C)c(Nc2ccc(N)cc2N)c(C)c1. The second-order valence-electron chi connectivity index (χ2n) is 4.75. The molecule has 0 aliphatic rings. The third-order valence-electron chi connectivity index (χ3n) is 3.01. The van der Waals surface area contributed by atoms with E-state index < -0.39 is 0 Å². The summed E-state index contributed by atoms with van der Waals surface area (Å²) in [6, 6.07) is 9.83. The molecule has 0 saturated heterocycles. The fraction of sp³-hybridized carbons (Fsp3) is 0.200. The van der Waals surface area contributed by atoms with Gasteiger partial charge in [0.1, 0.15) is 0 Å². The highest BCUT2D eigenvalue weighted by molar-refractivity contribution is 5.77. The molecule has 3 nitrogen and oxygen atoms in total. The quantitative estimate of drug-likeness (QED) is 0.705. The monoisotopic (exact) mass is 241 g/mol. The van der Waals surface area contributed by atoms with Crippen LogP contribution in [0.1, 0.15) is 16.7 Å². The van der Waals surface area contributed by atoms with E-state index >= 15 is 0 Å². The second-order valence-corrected chi connectivity index (χ2v) is 4.75. The molecular formula is C15H19N3. The average Bonchev–Trinajstić information content (AvgIpc) is 2.25. The van der Waals surface area contributed by atoms with E-state index in [0.29, 0.717) is 11.4 Å². The van der Waals surface area contributed by atoms with Crippen molar-refractivity contribution in [2.45, 2.75) is 20.8 Å². The van der Waals surface area contributed by atoms with E-state index in [2.05, 4.69) is 38.2 Å². The molecule has 0 amide bonds. The van der Waals surface area contributed by atoms with Crippen LogP contribution in [0.5, 0.6) is 0 Å². The maximum absolute atomic E-state index is 5.96. The first-order valence-corrected chi connectivity index (χ1v) is 5.97. The Labute approximate surface area is 108 Å². The van der Waals surface area contributed by atoms with Crippen molar-refractivity contribution in [3.63, 3.8) is 0 Å². The molecule has 3 heteroatoms. The van der Waals surface area contributed by atoms with Gasteiger partial charge in [0.25, 0.3) is 0 Å². The molecule has 2 aromatic carbocycles. The first kappa shape index (κ1) is 12.3. The Bertz CT molecular complexity index is 565. The zero-order valence-electron chi connectivity index (χ0n) is 11.0. The standard InChI is InChI=1S/C15H19N3/c1-9-6-10(2)15(11(3)7-9)18-14-5-4-12(16)8-13(14)17/h4-8,18H,16-17H2,1-3H3. The van der Waals surface area contributed by atoms with Gasteiger partial charge in [0.2, 0.25) is 0 Å². The third kappa shape index (κ3) is 2.40. The summed E-state index contributed by atoms with van der Waals surface area (Å²) in [6.07, 6.45) is 0. The highest BCUT2D eigenvalue weighted by Crippen LogP contribution is 2.29. The summed E-state index contributed by atoms with van der Waals surface area (Å²) in [5, 5.41) is 3.38. The zero-order valence-corrected chi connectivity index (χ0v) is 11.0. The van der Waals surface area contributed by atoms with E-state index in [9.17, 15) is 0 Å². The van der Waals surface area contributed by atoms with Gasteiger partial charge >= 0.3 is 0 Å². The minimum absolute atomic E-state index is 0.661. The van der Waals surface area contributed by atoms with Crippen molar-refractivity contribution in [3.8, 4) is 0 Å². The number of aryl methyl sites for hydroxylation is 3. The maximum atomic E-state index is 5.96. The van der Waals surface area contributed by atoms with Crippen LogP contribution in [0.25, 0.3) is 0 Å². The summed E-state index contributed by atoms with van der Waals surface area (Å²) < 4.78 is 0. The molecule has 0 unspecified atom stereocenters. The van der Waals surface area contributed by atoms with Gasteiger partial charge in [-0.3, -0.25) is 0 Å². The van der Waals surface area contributed by atoms with Crippen LogP contribution >= 0.6 is 0 Å². The lowest BCUT2D eigenvalue weighted by Gasteiger charge is -2.15. The molecule has 0 aliphatic carbocycles. The van der Waals surface area contributed by atoms with Gasteiger partial charge in [0, 0.05) is 11.4 Å². The third-order valence-corrected chi connectivity index (χ3v) is 3.01. The van der Waals surface area contributed by atoms with Crippen molar-refractivity contribution in [1.29, 1.82) is 0 Å². The molecule has 0 spiro atoms. The van der Waals surface area contributed by atoms with Crippen LogP contribution in [-0.2, 0) is 0 Å². The fourth-order valence-electron chi connectivity index (χ4n) is 2.21. The van der Waals surface area contributed by atoms with Crippen LogP contribution in [-0.4, -0.2) is 0 Å². The molecule has 18 heavy (non-hydrogen) atoms. The van der Waals surface area contributed by atoms with Crippen molar-refractivity contribution in [2.75, 3.05) is 16.8 Å². The Balaban J connectivity index is 2.40.